The Kier molecular flexibility index (Phi) is 6.55. The molecule has 0 aliphatic heterocycles. The first-order valence-corrected chi connectivity index (χ1v) is 11.3. The Morgan fingerprint density at radius 1 is 1.18 bits per heavy atom. The van der Waals surface area contributed by atoms with E-state index < -0.39 is 17.1 Å². The fourth-order valence-corrected chi connectivity index (χ4v) is 4.75. The topological polar surface area (TPSA) is 106 Å². The van der Waals surface area contributed by atoms with Gasteiger partial charge in [-0.2, -0.15) is 0 Å². The van der Waals surface area contributed by atoms with E-state index >= 15 is 0 Å². The third-order valence-corrected chi connectivity index (χ3v) is 6.71. The van der Waals surface area contributed by atoms with Gasteiger partial charge in [0.25, 0.3) is 11.7 Å². The van der Waals surface area contributed by atoms with E-state index in [4.69, 9.17) is 32.7 Å². The van der Waals surface area contributed by atoms with Crippen molar-refractivity contribution < 1.29 is 19.1 Å². The van der Waals surface area contributed by atoms with Gasteiger partial charge >= 0.3 is 0 Å². The first-order valence-electron chi connectivity index (χ1n) is 9.63. The number of halogens is 2. The number of anilines is 1. The van der Waals surface area contributed by atoms with Gasteiger partial charge in [0.1, 0.15) is 20.5 Å². The number of thiazole rings is 1. The molecule has 2 N–H and O–H groups in total. The van der Waals surface area contributed by atoms with E-state index in [9.17, 15) is 9.59 Å². The van der Waals surface area contributed by atoms with Crippen LogP contribution < -0.4 is 14.8 Å². The Morgan fingerprint density at radius 3 is 2.64 bits per heavy atom. The predicted molar refractivity (Wildman–Crippen MR) is 128 cm³/mol. The minimum atomic E-state index is -0.793. The van der Waals surface area contributed by atoms with Crippen molar-refractivity contribution in [3.63, 3.8) is 0 Å². The number of H-pyrrole nitrogens is 1. The molecule has 33 heavy (non-hydrogen) atoms. The predicted octanol–water partition coefficient (Wildman–Crippen LogP) is 5.15. The zero-order chi connectivity index (χ0) is 23.7. The number of Topliss-reactive ketones (excluding diaryl/α,β-unsaturated/α-hetero) is 1. The lowest BCUT2D eigenvalue weighted by Gasteiger charge is -2.13. The molecule has 1 atom stereocenters. The standard InChI is InChI=1S/C22H18Cl2N4O4S/c1-10-18(20(29)21(30)28-11-4-5-25-17(6-11)32-3)12-7-13(15(31-2)8-14(12)27-10)19(24)22-26-9-16(23)33-22/h4-9,19,27H,1-3H3,(H,25,28,30). The minimum absolute atomic E-state index is 0.244. The molecule has 0 radical (unpaired) electrons. The van der Waals surface area contributed by atoms with E-state index in [-0.39, 0.29) is 5.56 Å². The van der Waals surface area contributed by atoms with Crippen LogP contribution in [-0.4, -0.2) is 40.9 Å². The summed E-state index contributed by atoms with van der Waals surface area (Å²) in [6, 6.07) is 6.56. The number of alkyl halides is 1. The van der Waals surface area contributed by atoms with E-state index in [1.165, 1.54) is 44.0 Å². The van der Waals surface area contributed by atoms with Gasteiger partial charge in [0.15, 0.2) is 0 Å². The smallest absolute Gasteiger partial charge is 0.296 e. The molecule has 0 aliphatic carbocycles. The van der Waals surface area contributed by atoms with Gasteiger partial charge in [0, 0.05) is 40.7 Å². The van der Waals surface area contributed by atoms with Crippen LogP contribution in [0.2, 0.25) is 4.34 Å². The molecule has 0 saturated heterocycles. The molecule has 1 unspecified atom stereocenters. The lowest BCUT2D eigenvalue weighted by Crippen LogP contribution is -2.23. The Morgan fingerprint density at radius 2 is 1.97 bits per heavy atom. The van der Waals surface area contributed by atoms with Gasteiger partial charge < -0.3 is 19.8 Å². The number of benzene rings is 1. The third-order valence-electron chi connectivity index (χ3n) is 4.96. The van der Waals surface area contributed by atoms with Crippen LogP contribution in [0.1, 0.15) is 32.0 Å². The molecule has 11 heteroatoms. The molecule has 0 aliphatic rings. The maximum atomic E-state index is 13.1. The van der Waals surface area contributed by atoms with Crippen LogP contribution in [0.4, 0.5) is 5.69 Å². The first kappa shape index (κ1) is 23.0. The first-order chi connectivity index (χ1) is 15.8. The molecule has 8 nitrogen and oxygen atoms in total. The monoisotopic (exact) mass is 504 g/mol. The van der Waals surface area contributed by atoms with Crippen LogP contribution in [0.3, 0.4) is 0 Å². The number of aromatic nitrogens is 3. The molecule has 0 spiro atoms. The van der Waals surface area contributed by atoms with Crippen LogP contribution in [0.5, 0.6) is 11.6 Å². The Labute approximate surface area is 202 Å². The van der Waals surface area contributed by atoms with Crippen LogP contribution in [-0.2, 0) is 4.79 Å². The normalized spacial score (nSPS) is 11.9. The zero-order valence-electron chi connectivity index (χ0n) is 17.7. The summed E-state index contributed by atoms with van der Waals surface area (Å²) in [6.45, 7) is 1.72. The van der Waals surface area contributed by atoms with Gasteiger partial charge in [0.05, 0.1) is 31.5 Å². The van der Waals surface area contributed by atoms with Gasteiger partial charge in [-0.3, -0.25) is 9.59 Å². The molecule has 0 saturated carbocycles. The largest absolute Gasteiger partial charge is 0.496 e. The third kappa shape index (κ3) is 4.52. The second-order valence-electron chi connectivity index (χ2n) is 7.00. The summed E-state index contributed by atoms with van der Waals surface area (Å²) in [7, 11) is 2.99. The zero-order valence-corrected chi connectivity index (χ0v) is 20.1. The van der Waals surface area contributed by atoms with E-state index in [0.717, 1.165) is 0 Å². The highest BCUT2D eigenvalue weighted by Crippen LogP contribution is 2.40. The van der Waals surface area contributed by atoms with Crippen molar-refractivity contribution in [1.29, 1.82) is 0 Å². The average molecular weight is 505 g/mol. The number of carbonyl (C=O) groups is 2. The van der Waals surface area contributed by atoms with Crippen LogP contribution >= 0.6 is 34.5 Å². The molecule has 1 amide bonds. The fraction of sp³-hybridized carbons (Fsp3) is 0.182. The number of carbonyl (C=O) groups excluding carboxylic acids is 2. The number of rotatable bonds is 7. The summed E-state index contributed by atoms with van der Waals surface area (Å²) >= 11 is 13.9. The maximum Gasteiger partial charge on any atom is 0.296 e. The second kappa shape index (κ2) is 9.38. The summed E-state index contributed by atoms with van der Waals surface area (Å²) < 4.78 is 11.1. The van der Waals surface area contributed by atoms with Crippen LogP contribution in [0, 0.1) is 6.92 Å². The molecular weight excluding hydrogens is 487 g/mol. The number of amides is 1. The number of fused-ring (bicyclic) bond motifs is 1. The number of pyridine rings is 1. The van der Waals surface area contributed by atoms with Gasteiger partial charge in [-0.05, 0) is 19.1 Å². The van der Waals surface area contributed by atoms with Crippen molar-refractivity contribution in [3.05, 3.63) is 62.8 Å². The Balaban J connectivity index is 1.73. The van der Waals surface area contributed by atoms with E-state index in [1.54, 1.807) is 25.1 Å². The summed E-state index contributed by atoms with van der Waals surface area (Å²) in [5.74, 6) is -0.661. The molecule has 4 aromatic rings. The number of aryl methyl sites for hydroxylation is 1. The maximum absolute atomic E-state index is 13.1. The molecule has 170 valence electrons. The summed E-state index contributed by atoms with van der Waals surface area (Å²) in [5.41, 5.74) is 2.41. The fourth-order valence-electron chi connectivity index (χ4n) is 3.46. The van der Waals surface area contributed by atoms with E-state index in [0.29, 0.717) is 48.8 Å². The number of hydrogen-bond donors (Lipinski definition) is 2. The Bertz CT molecular complexity index is 1370. The Hall–Kier alpha value is -3.14. The minimum Gasteiger partial charge on any atom is -0.496 e. The number of ketones is 1. The van der Waals surface area contributed by atoms with Gasteiger partial charge in [-0.25, -0.2) is 9.97 Å². The number of hydrogen-bond acceptors (Lipinski definition) is 7. The lowest BCUT2D eigenvalue weighted by atomic mass is 10.0. The molecule has 0 bridgehead atoms. The van der Waals surface area contributed by atoms with Crippen LogP contribution in [0.15, 0.2) is 36.7 Å². The number of nitrogens with zero attached hydrogens (tertiary/aromatic N) is 2. The SMILES string of the molecule is COc1cc(NC(=O)C(=O)c2c(C)[nH]c3cc(OC)c(C(Cl)c4ncc(Cl)s4)cc23)ccn1. The van der Waals surface area contributed by atoms with Crippen molar-refractivity contribution in [2.45, 2.75) is 12.3 Å². The molecule has 0 fully saturated rings. The highest BCUT2D eigenvalue weighted by molar-refractivity contribution is 7.16. The van der Waals surface area contributed by atoms with Crippen molar-refractivity contribution in [1.82, 2.24) is 15.0 Å². The average Bonchev–Trinajstić information content (AvgIpc) is 3.39. The van der Waals surface area contributed by atoms with Crippen molar-refractivity contribution >= 4 is 62.8 Å². The van der Waals surface area contributed by atoms with Gasteiger partial charge in [-0.1, -0.05) is 11.6 Å². The van der Waals surface area contributed by atoms with Crippen molar-refractivity contribution in [3.8, 4) is 11.6 Å². The van der Waals surface area contributed by atoms with Crippen molar-refractivity contribution in [2.75, 3.05) is 19.5 Å². The molecular formula is C22H18Cl2N4O4S. The summed E-state index contributed by atoms with van der Waals surface area (Å²) in [5, 5.41) is 3.07. The van der Waals surface area contributed by atoms with Crippen molar-refractivity contribution in [2.24, 2.45) is 0 Å². The second-order valence-corrected chi connectivity index (χ2v) is 9.13. The molecule has 4 rings (SSSR count). The van der Waals surface area contributed by atoms with E-state index in [2.05, 4.69) is 20.3 Å². The number of methoxy groups -OCH3 is 2. The highest BCUT2D eigenvalue weighted by Gasteiger charge is 2.26. The van der Waals surface area contributed by atoms with Gasteiger partial charge in [0.2, 0.25) is 5.88 Å². The lowest BCUT2D eigenvalue weighted by molar-refractivity contribution is -0.112. The molecule has 1 aromatic carbocycles. The van der Waals surface area contributed by atoms with E-state index in [1.807, 2.05) is 0 Å². The highest BCUT2D eigenvalue weighted by atomic mass is 35.5. The van der Waals surface area contributed by atoms with Crippen LogP contribution in [0.25, 0.3) is 10.9 Å². The molecule has 3 aromatic heterocycles. The number of nitrogens with one attached hydrogen (secondary N) is 2. The number of aromatic amines is 1. The summed E-state index contributed by atoms with van der Waals surface area (Å²) in [6.07, 6.45) is 3.00. The quantitative estimate of drug-likeness (QED) is 0.205. The summed E-state index contributed by atoms with van der Waals surface area (Å²) in [4.78, 5) is 37.3. The molecule has 3 heterocycles. The number of ether oxygens (including phenoxy) is 2. The van der Waals surface area contributed by atoms with Gasteiger partial charge in [-0.15, -0.1) is 22.9 Å².